The molecule has 0 unspecified atom stereocenters. The smallest absolute Gasteiger partial charge is 0.311 e. The highest BCUT2D eigenvalue weighted by molar-refractivity contribution is 5.68. The van der Waals surface area contributed by atoms with Crippen molar-refractivity contribution in [2.24, 2.45) is 0 Å². The number of nitrogens with zero attached hydrogens (tertiary/aromatic N) is 1. The third-order valence-corrected chi connectivity index (χ3v) is 3.69. The van der Waals surface area contributed by atoms with E-state index in [9.17, 15) is 14.9 Å². The summed E-state index contributed by atoms with van der Waals surface area (Å²) in [6, 6.07) is 4.83. The van der Waals surface area contributed by atoms with E-state index in [0.29, 0.717) is 19.3 Å². The fourth-order valence-corrected chi connectivity index (χ4v) is 2.41. The van der Waals surface area contributed by atoms with Crippen molar-refractivity contribution in [1.29, 1.82) is 0 Å². The molecule has 0 heterocycles. The first-order valence-corrected chi connectivity index (χ1v) is 6.64. The molecule has 1 saturated carbocycles. The molecule has 1 fully saturated rings. The lowest BCUT2D eigenvalue weighted by Crippen LogP contribution is -2.45. The Bertz CT molecular complexity index is 536. The van der Waals surface area contributed by atoms with E-state index < -0.39 is 16.5 Å². The molecule has 0 aliphatic heterocycles. The van der Waals surface area contributed by atoms with Crippen LogP contribution in [0.1, 0.15) is 38.2 Å². The van der Waals surface area contributed by atoms with Crippen molar-refractivity contribution in [3.63, 3.8) is 0 Å². The number of benzene rings is 1. The lowest BCUT2D eigenvalue weighted by atomic mass is 9.77. The van der Waals surface area contributed by atoms with Gasteiger partial charge in [-0.25, -0.2) is 0 Å². The van der Waals surface area contributed by atoms with Crippen LogP contribution in [-0.2, 0) is 11.2 Å². The molecule has 0 amide bonds. The molecular formula is C14H17NO5. The average molecular weight is 279 g/mol. The van der Waals surface area contributed by atoms with E-state index in [2.05, 4.69) is 0 Å². The first-order valence-electron chi connectivity index (χ1n) is 6.64. The Hall–Kier alpha value is -2.11. The van der Waals surface area contributed by atoms with E-state index in [1.807, 2.05) is 6.92 Å². The first-order chi connectivity index (χ1) is 9.46. The van der Waals surface area contributed by atoms with Gasteiger partial charge in [0.1, 0.15) is 5.60 Å². The van der Waals surface area contributed by atoms with Crippen LogP contribution in [0, 0.1) is 10.1 Å². The van der Waals surface area contributed by atoms with Gasteiger partial charge in [-0.05, 0) is 37.3 Å². The predicted molar refractivity (Wildman–Crippen MR) is 71.9 cm³/mol. The zero-order valence-electron chi connectivity index (χ0n) is 11.3. The lowest BCUT2D eigenvalue weighted by molar-refractivity contribution is -0.386. The van der Waals surface area contributed by atoms with E-state index in [-0.39, 0.29) is 17.9 Å². The zero-order chi connectivity index (χ0) is 14.8. The van der Waals surface area contributed by atoms with Gasteiger partial charge in [0.15, 0.2) is 5.75 Å². The molecule has 6 nitrogen and oxygen atoms in total. The van der Waals surface area contributed by atoms with Gasteiger partial charge in [0.25, 0.3) is 0 Å². The van der Waals surface area contributed by atoms with Gasteiger partial charge >= 0.3 is 11.7 Å². The number of hydrogen-bond donors (Lipinski definition) is 1. The third kappa shape index (κ3) is 2.89. The Morgan fingerprint density at radius 3 is 2.65 bits per heavy atom. The van der Waals surface area contributed by atoms with Crippen molar-refractivity contribution in [3.8, 4) is 5.75 Å². The molecule has 1 N–H and O–H groups in total. The number of rotatable bonds is 6. The SMILES string of the molecule is CCc1ccc(OC2(CC(=O)O)CCC2)c([N+](=O)[O-])c1. The van der Waals surface area contributed by atoms with Crippen LogP contribution >= 0.6 is 0 Å². The van der Waals surface area contributed by atoms with Gasteiger partial charge in [-0.1, -0.05) is 13.0 Å². The molecule has 6 heteroatoms. The largest absolute Gasteiger partial charge is 0.481 e. The highest BCUT2D eigenvalue weighted by atomic mass is 16.6. The summed E-state index contributed by atoms with van der Waals surface area (Å²) < 4.78 is 5.72. The Kier molecular flexibility index (Phi) is 3.92. The highest BCUT2D eigenvalue weighted by Gasteiger charge is 2.42. The van der Waals surface area contributed by atoms with Crippen LogP contribution < -0.4 is 4.74 Å². The molecule has 0 radical (unpaired) electrons. The van der Waals surface area contributed by atoms with E-state index in [0.717, 1.165) is 12.0 Å². The molecule has 20 heavy (non-hydrogen) atoms. The van der Waals surface area contributed by atoms with Gasteiger partial charge < -0.3 is 9.84 Å². The molecule has 0 spiro atoms. The summed E-state index contributed by atoms with van der Waals surface area (Å²) in [5, 5.41) is 20.1. The summed E-state index contributed by atoms with van der Waals surface area (Å²) in [5.74, 6) is -0.786. The summed E-state index contributed by atoms with van der Waals surface area (Å²) in [5.41, 5.74) is -0.0319. The number of carboxylic acids is 1. The number of carbonyl (C=O) groups is 1. The highest BCUT2D eigenvalue weighted by Crippen LogP contribution is 2.42. The summed E-state index contributed by atoms with van der Waals surface area (Å²) in [6.45, 7) is 1.91. The van der Waals surface area contributed by atoms with E-state index in [1.54, 1.807) is 12.1 Å². The molecule has 0 atom stereocenters. The molecule has 1 aromatic rings. The number of aliphatic carboxylic acids is 1. The molecule has 0 bridgehead atoms. The molecule has 0 saturated heterocycles. The topological polar surface area (TPSA) is 89.7 Å². The van der Waals surface area contributed by atoms with Gasteiger partial charge in [0.05, 0.1) is 11.3 Å². The van der Waals surface area contributed by atoms with E-state index in [1.165, 1.54) is 6.07 Å². The second-order valence-corrected chi connectivity index (χ2v) is 5.12. The third-order valence-electron chi connectivity index (χ3n) is 3.69. The molecule has 1 aliphatic rings. The molecule has 2 rings (SSSR count). The quantitative estimate of drug-likeness (QED) is 0.638. The number of nitro groups is 1. The Morgan fingerprint density at radius 2 is 2.20 bits per heavy atom. The molecule has 108 valence electrons. The summed E-state index contributed by atoms with van der Waals surface area (Å²) in [6.07, 6.45) is 2.69. The van der Waals surface area contributed by atoms with E-state index >= 15 is 0 Å². The summed E-state index contributed by atoms with van der Waals surface area (Å²) >= 11 is 0. The number of hydrogen-bond acceptors (Lipinski definition) is 4. The number of nitro benzene ring substituents is 1. The minimum Gasteiger partial charge on any atom is -0.481 e. The van der Waals surface area contributed by atoms with Crippen molar-refractivity contribution in [2.75, 3.05) is 0 Å². The maximum atomic E-state index is 11.1. The van der Waals surface area contributed by atoms with Crippen molar-refractivity contribution < 1.29 is 19.6 Å². The number of aryl methyl sites for hydroxylation is 1. The van der Waals surface area contributed by atoms with Crippen LogP contribution in [0.5, 0.6) is 5.75 Å². The number of ether oxygens (including phenoxy) is 1. The van der Waals surface area contributed by atoms with Gasteiger partial charge in [0, 0.05) is 6.07 Å². The Balaban J connectivity index is 2.28. The van der Waals surface area contributed by atoms with Gasteiger partial charge in [-0.15, -0.1) is 0 Å². The monoisotopic (exact) mass is 279 g/mol. The van der Waals surface area contributed by atoms with Crippen molar-refractivity contribution in [1.82, 2.24) is 0 Å². The Labute approximate surface area is 116 Å². The van der Waals surface area contributed by atoms with E-state index in [4.69, 9.17) is 9.84 Å². The van der Waals surface area contributed by atoms with Crippen LogP contribution in [0.15, 0.2) is 18.2 Å². The van der Waals surface area contributed by atoms with Gasteiger partial charge in [0.2, 0.25) is 0 Å². The molecular weight excluding hydrogens is 262 g/mol. The molecule has 0 aromatic heterocycles. The fraction of sp³-hybridized carbons (Fsp3) is 0.500. The molecule has 1 aliphatic carbocycles. The average Bonchev–Trinajstić information content (AvgIpc) is 2.35. The van der Waals surface area contributed by atoms with Crippen molar-refractivity contribution in [2.45, 2.75) is 44.6 Å². The van der Waals surface area contributed by atoms with Crippen LogP contribution in [0.25, 0.3) is 0 Å². The minimum atomic E-state index is -0.947. The second kappa shape index (κ2) is 5.48. The zero-order valence-corrected chi connectivity index (χ0v) is 11.3. The van der Waals surface area contributed by atoms with Crippen LogP contribution in [0.2, 0.25) is 0 Å². The second-order valence-electron chi connectivity index (χ2n) is 5.12. The van der Waals surface area contributed by atoms with Crippen LogP contribution in [0.3, 0.4) is 0 Å². The van der Waals surface area contributed by atoms with Gasteiger partial charge in [-0.3, -0.25) is 14.9 Å². The first kappa shape index (κ1) is 14.3. The molecule has 1 aromatic carbocycles. The van der Waals surface area contributed by atoms with Gasteiger partial charge in [-0.2, -0.15) is 0 Å². The maximum Gasteiger partial charge on any atom is 0.311 e. The maximum absolute atomic E-state index is 11.1. The van der Waals surface area contributed by atoms with Crippen LogP contribution in [0.4, 0.5) is 5.69 Å². The summed E-state index contributed by atoms with van der Waals surface area (Å²) in [7, 11) is 0. The predicted octanol–water partition coefficient (Wildman–Crippen LogP) is 2.93. The fourth-order valence-electron chi connectivity index (χ4n) is 2.41. The van der Waals surface area contributed by atoms with Crippen molar-refractivity contribution >= 4 is 11.7 Å². The lowest BCUT2D eigenvalue weighted by Gasteiger charge is -2.40. The Morgan fingerprint density at radius 1 is 1.50 bits per heavy atom. The van der Waals surface area contributed by atoms with Crippen molar-refractivity contribution in [3.05, 3.63) is 33.9 Å². The van der Waals surface area contributed by atoms with Crippen LogP contribution in [-0.4, -0.2) is 21.6 Å². The summed E-state index contributed by atoms with van der Waals surface area (Å²) in [4.78, 5) is 21.5. The normalized spacial score (nSPS) is 16.2. The standard InChI is InChI=1S/C14H17NO5/c1-2-10-4-5-12(11(8-10)15(18)19)20-14(6-3-7-14)9-13(16)17/h4-5,8H,2-3,6-7,9H2,1H3,(H,16,17). The number of carboxylic acid groups (broad SMARTS) is 1. The minimum absolute atomic E-state index is 0.0963.